The Kier molecular flexibility index (Phi) is 7.96. The second-order valence-corrected chi connectivity index (χ2v) is 8.97. The molecule has 1 aromatic heterocycles. The zero-order valence-corrected chi connectivity index (χ0v) is 19.0. The van der Waals surface area contributed by atoms with Crippen molar-refractivity contribution in [3.05, 3.63) is 47.8 Å². The van der Waals surface area contributed by atoms with E-state index in [4.69, 9.17) is 4.74 Å². The minimum atomic E-state index is 0.0558. The highest BCUT2D eigenvalue weighted by molar-refractivity contribution is 7.99. The van der Waals surface area contributed by atoms with Gasteiger partial charge in [-0.1, -0.05) is 55.8 Å². The summed E-state index contributed by atoms with van der Waals surface area (Å²) in [5.41, 5.74) is 2.18. The second-order valence-electron chi connectivity index (χ2n) is 8.03. The summed E-state index contributed by atoms with van der Waals surface area (Å²) in [6.45, 7) is 11.0. The van der Waals surface area contributed by atoms with Crippen LogP contribution in [0.5, 0.6) is 5.75 Å². The fraction of sp³-hybridized carbons (Fsp3) is 0.522. The molecule has 1 amide bonds. The number of para-hydroxylation sites is 1. The lowest BCUT2D eigenvalue weighted by Gasteiger charge is -2.29. The largest absolute Gasteiger partial charge is 0.485 e. The highest BCUT2D eigenvalue weighted by Crippen LogP contribution is 2.25. The summed E-state index contributed by atoms with van der Waals surface area (Å²) in [5, 5.41) is 12.5. The number of rotatable bonds is 9. The van der Waals surface area contributed by atoms with Gasteiger partial charge in [0.1, 0.15) is 12.4 Å². The van der Waals surface area contributed by atoms with Crippen LogP contribution in [-0.2, 0) is 17.9 Å². The first-order valence-corrected chi connectivity index (χ1v) is 11.6. The number of nitrogens with one attached hydrogen (secondary N) is 1. The average molecular weight is 429 g/mol. The molecule has 1 fully saturated rings. The molecule has 1 heterocycles. The number of nitrogens with zero attached hydrogens (tertiary/aromatic N) is 3. The summed E-state index contributed by atoms with van der Waals surface area (Å²) in [6, 6.07) is 6.37. The van der Waals surface area contributed by atoms with Crippen LogP contribution < -0.4 is 10.1 Å². The molecule has 1 aliphatic carbocycles. The normalized spacial score (nSPS) is 18.8. The van der Waals surface area contributed by atoms with Crippen molar-refractivity contribution in [3.8, 4) is 5.75 Å². The number of aromatic nitrogens is 3. The standard InChI is InChI=1S/C23H32N4O2S/c1-5-13-27-20(14-29-22-17(3)10-8-11-18(22)4)25-26-23(27)30-15-21(28)24-19-12-7-6-9-16(19)2/h5,8,10-11,16,19H,1,6-7,9,12-15H2,2-4H3,(H,24,28). The van der Waals surface area contributed by atoms with Crippen LogP contribution in [0.25, 0.3) is 0 Å². The number of allylic oxidation sites excluding steroid dienone is 1. The van der Waals surface area contributed by atoms with Crippen LogP contribution in [0, 0.1) is 19.8 Å². The van der Waals surface area contributed by atoms with Gasteiger partial charge in [-0.15, -0.1) is 16.8 Å². The molecule has 0 radical (unpaired) electrons. The van der Waals surface area contributed by atoms with Crippen molar-refractivity contribution in [2.75, 3.05) is 5.75 Å². The van der Waals surface area contributed by atoms with Crippen molar-refractivity contribution in [1.29, 1.82) is 0 Å². The molecule has 7 heteroatoms. The third-order valence-electron chi connectivity index (χ3n) is 5.65. The maximum absolute atomic E-state index is 12.5. The van der Waals surface area contributed by atoms with Gasteiger partial charge < -0.3 is 10.1 Å². The molecule has 30 heavy (non-hydrogen) atoms. The number of carbonyl (C=O) groups is 1. The molecule has 0 saturated heterocycles. The summed E-state index contributed by atoms with van der Waals surface area (Å²) >= 11 is 1.41. The van der Waals surface area contributed by atoms with Gasteiger partial charge in [-0.3, -0.25) is 9.36 Å². The fourth-order valence-corrected chi connectivity index (χ4v) is 4.70. The quantitative estimate of drug-likeness (QED) is 0.472. The Morgan fingerprint density at radius 1 is 1.30 bits per heavy atom. The average Bonchev–Trinajstić information content (AvgIpc) is 3.10. The zero-order chi connectivity index (χ0) is 21.5. The zero-order valence-electron chi connectivity index (χ0n) is 18.2. The molecular formula is C23H32N4O2S. The summed E-state index contributed by atoms with van der Waals surface area (Å²) in [4.78, 5) is 12.5. The Morgan fingerprint density at radius 2 is 2.03 bits per heavy atom. The fourth-order valence-electron chi connectivity index (χ4n) is 3.92. The Morgan fingerprint density at radius 3 is 2.73 bits per heavy atom. The highest BCUT2D eigenvalue weighted by atomic mass is 32.2. The van der Waals surface area contributed by atoms with Crippen LogP contribution in [0.2, 0.25) is 0 Å². The first-order valence-electron chi connectivity index (χ1n) is 10.6. The molecule has 0 aliphatic heterocycles. The van der Waals surface area contributed by atoms with E-state index in [0.717, 1.165) is 29.1 Å². The van der Waals surface area contributed by atoms with Gasteiger partial charge in [0.25, 0.3) is 0 Å². The lowest BCUT2D eigenvalue weighted by Crippen LogP contribution is -2.41. The van der Waals surface area contributed by atoms with Gasteiger partial charge in [0.2, 0.25) is 5.91 Å². The number of carbonyl (C=O) groups excluding carboxylic acids is 1. The number of ether oxygens (including phenoxy) is 1. The third-order valence-corrected chi connectivity index (χ3v) is 6.62. The van der Waals surface area contributed by atoms with Gasteiger partial charge in [-0.25, -0.2) is 0 Å². The Hall–Kier alpha value is -2.28. The molecule has 2 aromatic rings. The molecule has 2 atom stereocenters. The molecule has 2 unspecified atom stereocenters. The maximum Gasteiger partial charge on any atom is 0.230 e. The Labute approximate surface area is 183 Å². The number of aryl methyl sites for hydroxylation is 2. The predicted molar refractivity (Wildman–Crippen MR) is 121 cm³/mol. The molecule has 1 saturated carbocycles. The lowest BCUT2D eigenvalue weighted by molar-refractivity contribution is -0.119. The minimum Gasteiger partial charge on any atom is -0.485 e. The monoisotopic (exact) mass is 428 g/mol. The van der Waals surface area contributed by atoms with Gasteiger partial charge in [-0.05, 0) is 43.7 Å². The van der Waals surface area contributed by atoms with Gasteiger partial charge in [0, 0.05) is 12.6 Å². The van der Waals surface area contributed by atoms with E-state index in [9.17, 15) is 4.79 Å². The van der Waals surface area contributed by atoms with Crippen LogP contribution in [-0.4, -0.2) is 32.5 Å². The Balaban J connectivity index is 1.61. The molecular weight excluding hydrogens is 396 g/mol. The van der Waals surface area contributed by atoms with Crippen molar-refractivity contribution in [2.24, 2.45) is 5.92 Å². The summed E-state index contributed by atoms with van der Waals surface area (Å²) in [7, 11) is 0. The highest BCUT2D eigenvalue weighted by Gasteiger charge is 2.23. The van der Waals surface area contributed by atoms with E-state index < -0.39 is 0 Å². The van der Waals surface area contributed by atoms with E-state index in [2.05, 4.69) is 29.0 Å². The lowest BCUT2D eigenvalue weighted by atomic mass is 9.86. The smallest absolute Gasteiger partial charge is 0.230 e. The van der Waals surface area contributed by atoms with Crippen LogP contribution >= 0.6 is 11.8 Å². The van der Waals surface area contributed by atoms with Crippen LogP contribution in [0.15, 0.2) is 36.0 Å². The van der Waals surface area contributed by atoms with Gasteiger partial charge in [0.05, 0.1) is 5.75 Å². The van der Waals surface area contributed by atoms with Crippen molar-refractivity contribution in [1.82, 2.24) is 20.1 Å². The van der Waals surface area contributed by atoms with Crippen LogP contribution in [0.1, 0.15) is 49.6 Å². The van der Waals surface area contributed by atoms with E-state index in [-0.39, 0.29) is 5.91 Å². The maximum atomic E-state index is 12.5. The number of benzene rings is 1. The summed E-state index contributed by atoms with van der Waals surface area (Å²) < 4.78 is 8.01. The number of amides is 1. The van der Waals surface area contributed by atoms with Gasteiger partial charge >= 0.3 is 0 Å². The molecule has 0 bridgehead atoms. The van der Waals surface area contributed by atoms with E-state index in [1.54, 1.807) is 6.08 Å². The van der Waals surface area contributed by atoms with E-state index in [0.29, 0.717) is 36.0 Å². The summed E-state index contributed by atoms with van der Waals surface area (Å²) in [5.74, 6) is 2.53. The molecule has 6 nitrogen and oxygen atoms in total. The molecule has 162 valence electrons. The van der Waals surface area contributed by atoms with E-state index in [1.807, 2.05) is 36.6 Å². The Bertz CT molecular complexity index is 860. The van der Waals surface area contributed by atoms with Crippen molar-refractivity contribution in [3.63, 3.8) is 0 Å². The predicted octanol–water partition coefficient (Wildman–Crippen LogP) is 4.45. The summed E-state index contributed by atoms with van der Waals surface area (Å²) in [6.07, 6.45) is 6.53. The molecule has 1 aromatic carbocycles. The molecule has 1 N–H and O–H groups in total. The van der Waals surface area contributed by atoms with Crippen molar-refractivity contribution in [2.45, 2.75) is 70.8 Å². The van der Waals surface area contributed by atoms with Crippen LogP contribution in [0.3, 0.4) is 0 Å². The van der Waals surface area contributed by atoms with Gasteiger partial charge in [0.15, 0.2) is 11.0 Å². The first kappa shape index (κ1) is 22.4. The topological polar surface area (TPSA) is 69.0 Å². The van der Waals surface area contributed by atoms with E-state index >= 15 is 0 Å². The van der Waals surface area contributed by atoms with Gasteiger partial charge in [-0.2, -0.15) is 0 Å². The first-order chi connectivity index (χ1) is 14.5. The van der Waals surface area contributed by atoms with Crippen LogP contribution in [0.4, 0.5) is 0 Å². The second kappa shape index (κ2) is 10.7. The molecule has 1 aliphatic rings. The van der Waals surface area contributed by atoms with Crippen molar-refractivity contribution < 1.29 is 9.53 Å². The number of hydrogen-bond acceptors (Lipinski definition) is 5. The molecule has 0 spiro atoms. The number of thioether (sulfide) groups is 1. The van der Waals surface area contributed by atoms with Crippen molar-refractivity contribution >= 4 is 17.7 Å². The SMILES string of the molecule is C=CCn1c(COc2c(C)cccc2C)nnc1SCC(=O)NC1CCCCC1C. The minimum absolute atomic E-state index is 0.0558. The number of hydrogen-bond donors (Lipinski definition) is 1. The molecule has 3 rings (SSSR count). The van der Waals surface area contributed by atoms with E-state index in [1.165, 1.54) is 31.0 Å². The third kappa shape index (κ3) is 5.65.